The Labute approximate surface area is 105 Å². The second-order valence-electron chi connectivity index (χ2n) is 4.22. The molecule has 0 spiro atoms. The number of nitrogens with zero attached hydrogens (tertiary/aromatic N) is 2. The molecule has 0 radical (unpaired) electrons. The van der Waals surface area contributed by atoms with Crippen molar-refractivity contribution in [3.05, 3.63) is 47.8 Å². The van der Waals surface area contributed by atoms with Gasteiger partial charge < -0.3 is 11.5 Å². The second kappa shape index (κ2) is 4.33. The van der Waals surface area contributed by atoms with Gasteiger partial charge in [-0.05, 0) is 12.1 Å². The molecule has 0 saturated carbocycles. The molecular formula is C14H14N4. The summed E-state index contributed by atoms with van der Waals surface area (Å²) in [7, 11) is 0. The molecule has 0 atom stereocenters. The van der Waals surface area contributed by atoms with E-state index in [4.69, 9.17) is 11.5 Å². The maximum atomic E-state index is 5.64. The van der Waals surface area contributed by atoms with Crippen LogP contribution < -0.4 is 11.5 Å². The summed E-state index contributed by atoms with van der Waals surface area (Å²) in [6.45, 7) is 0.867. The summed E-state index contributed by atoms with van der Waals surface area (Å²) in [5.74, 6) is 0. The summed E-state index contributed by atoms with van der Waals surface area (Å²) in [5.41, 5.74) is 14.8. The summed E-state index contributed by atoms with van der Waals surface area (Å²) in [4.78, 5) is 9.14. The van der Waals surface area contributed by atoms with Gasteiger partial charge in [-0.25, -0.2) is 9.97 Å². The molecule has 1 aromatic carbocycles. The van der Waals surface area contributed by atoms with E-state index in [9.17, 15) is 0 Å². The fourth-order valence-electron chi connectivity index (χ4n) is 2.08. The van der Waals surface area contributed by atoms with Crippen molar-refractivity contribution >= 4 is 21.8 Å². The Morgan fingerprint density at radius 2 is 1.06 bits per heavy atom. The molecular weight excluding hydrogens is 224 g/mol. The van der Waals surface area contributed by atoms with Crippen LogP contribution in [-0.4, -0.2) is 9.97 Å². The van der Waals surface area contributed by atoms with E-state index < -0.39 is 0 Å². The zero-order valence-corrected chi connectivity index (χ0v) is 9.93. The molecule has 4 nitrogen and oxygen atoms in total. The van der Waals surface area contributed by atoms with Gasteiger partial charge in [0.05, 0.1) is 22.4 Å². The molecule has 4 heteroatoms. The predicted octanol–water partition coefficient (Wildman–Crippen LogP) is 1.70. The highest BCUT2D eigenvalue weighted by atomic mass is 14.8. The summed E-state index contributed by atoms with van der Waals surface area (Å²) in [6.07, 6.45) is 0. The molecule has 0 bridgehead atoms. The topological polar surface area (TPSA) is 77.8 Å². The van der Waals surface area contributed by atoms with Crippen LogP contribution in [-0.2, 0) is 13.1 Å². The molecule has 90 valence electrons. The lowest BCUT2D eigenvalue weighted by atomic mass is 10.1. The molecule has 3 rings (SSSR count). The minimum absolute atomic E-state index is 0.433. The molecule has 2 aromatic heterocycles. The highest BCUT2D eigenvalue weighted by Crippen LogP contribution is 2.22. The van der Waals surface area contributed by atoms with Crippen molar-refractivity contribution in [1.29, 1.82) is 0 Å². The zero-order chi connectivity index (χ0) is 12.5. The minimum atomic E-state index is 0.433. The molecule has 0 aliphatic rings. The largest absolute Gasteiger partial charge is 0.325 e. The maximum absolute atomic E-state index is 5.64. The van der Waals surface area contributed by atoms with Crippen molar-refractivity contribution in [2.45, 2.75) is 13.1 Å². The Morgan fingerprint density at radius 1 is 0.667 bits per heavy atom. The highest BCUT2D eigenvalue weighted by Gasteiger charge is 2.05. The van der Waals surface area contributed by atoms with Crippen LogP contribution in [0, 0.1) is 0 Å². The van der Waals surface area contributed by atoms with Gasteiger partial charge in [0, 0.05) is 23.9 Å². The van der Waals surface area contributed by atoms with Crippen molar-refractivity contribution in [1.82, 2.24) is 9.97 Å². The second-order valence-corrected chi connectivity index (χ2v) is 4.22. The van der Waals surface area contributed by atoms with Gasteiger partial charge in [-0.1, -0.05) is 24.3 Å². The molecule has 0 saturated heterocycles. The number of benzene rings is 1. The Bertz CT molecular complexity index is 659. The number of hydrogen-bond acceptors (Lipinski definition) is 4. The SMILES string of the molecule is NCc1ccc2ccc3ccc(CN)nc3c2n1. The van der Waals surface area contributed by atoms with E-state index in [1.54, 1.807) is 0 Å². The van der Waals surface area contributed by atoms with Crippen molar-refractivity contribution in [2.75, 3.05) is 0 Å². The molecule has 0 aliphatic heterocycles. The van der Waals surface area contributed by atoms with Crippen LogP contribution in [0.4, 0.5) is 0 Å². The Balaban J connectivity index is 2.40. The molecule has 2 heterocycles. The summed E-state index contributed by atoms with van der Waals surface area (Å²) in [5, 5.41) is 2.14. The minimum Gasteiger partial charge on any atom is -0.325 e. The number of nitrogens with two attached hydrogens (primary N) is 2. The number of rotatable bonds is 2. The van der Waals surface area contributed by atoms with Crippen LogP contribution in [0.5, 0.6) is 0 Å². The van der Waals surface area contributed by atoms with E-state index in [1.807, 2.05) is 24.3 Å². The van der Waals surface area contributed by atoms with Gasteiger partial charge in [0.25, 0.3) is 0 Å². The first-order valence-electron chi connectivity index (χ1n) is 5.90. The van der Waals surface area contributed by atoms with Crippen molar-refractivity contribution in [3.8, 4) is 0 Å². The molecule has 4 N–H and O–H groups in total. The number of hydrogen-bond donors (Lipinski definition) is 2. The Kier molecular flexibility index (Phi) is 2.66. The quantitative estimate of drug-likeness (QED) is 0.666. The van der Waals surface area contributed by atoms with E-state index in [0.717, 1.165) is 33.2 Å². The van der Waals surface area contributed by atoms with E-state index >= 15 is 0 Å². The fraction of sp³-hybridized carbons (Fsp3) is 0.143. The normalized spacial score (nSPS) is 11.2. The maximum Gasteiger partial charge on any atom is 0.0968 e. The van der Waals surface area contributed by atoms with Gasteiger partial charge in [0.2, 0.25) is 0 Å². The standard InChI is InChI=1S/C14H14N4/c15-7-11-5-3-9-1-2-10-4-6-12(8-16)18-14(10)13(9)17-11/h1-6H,7-8,15-16H2. The van der Waals surface area contributed by atoms with E-state index in [2.05, 4.69) is 22.1 Å². The van der Waals surface area contributed by atoms with Gasteiger partial charge in [0.15, 0.2) is 0 Å². The first kappa shape index (κ1) is 11.1. The van der Waals surface area contributed by atoms with Crippen molar-refractivity contribution in [2.24, 2.45) is 11.5 Å². The van der Waals surface area contributed by atoms with Crippen LogP contribution >= 0.6 is 0 Å². The lowest BCUT2D eigenvalue weighted by molar-refractivity contribution is 0.998. The van der Waals surface area contributed by atoms with Crippen molar-refractivity contribution in [3.63, 3.8) is 0 Å². The smallest absolute Gasteiger partial charge is 0.0968 e. The number of pyridine rings is 2. The average Bonchev–Trinajstić information content (AvgIpc) is 2.45. The zero-order valence-electron chi connectivity index (χ0n) is 9.93. The van der Waals surface area contributed by atoms with E-state index in [-0.39, 0.29) is 0 Å². The average molecular weight is 238 g/mol. The molecule has 3 aromatic rings. The third-order valence-electron chi connectivity index (χ3n) is 3.05. The van der Waals surface area contributed by atoms with Gasteiger partial charge in [-0.15, -0.1) is 0 Å². The van der Waals surface area contributed by atoms with Gasteiger partial charge in [-0.2, -0.15) is 0 Å². The lowest BCUT2D eigenvalue weighted by Gasteiger charge is -2.05. The third-order valence-corrected chi connectivity index (χ3v) is 3.05. The lowest BCUT2D eigenvalue weighted by Crippen LogP contribution is -2.01. The molecule has 0 unspecified atom stereocenters. The number of fused-ring (bicyclic) bond motifs is 3. The van der Waals surface area contributed by atoms with Crippen LogP contribution in [0.25, 0.3) is 21.8 Å². The summed E-state index contributed by atoms with van der Waals surface area (Å²) >= 11 is 0. The first-order chi connectivity index (χ1) is 8.81. The fourth-order valence-corrected chi connectivity index (χ4v) is 2.08. The first-order valence-corrected chi connectivity index (χ1v) is 5.90. The van der Waals surface area contributed by atoms with Crippen molar-refractivity contribution < 1.29 is 0 Å². The summed E-state index contributed by atoms with van der Waals surface area (Å²) < 4.78 is 0. The van der Waals surface area contributed by atoms with Crippen LogP contribution in [0.3, 0.4) is 0 Å². The molecule has 0 amide bonds. The van der Waals surface area contributed by atoms with Gasteiger partial charge in [-0.3, -0.25) is 0 Å². The Morgan fingerprint density at radius 3 is 1.44 bits per heavy atom. The van der Waals surface area contributed by atoms with Crippen LogP contribution in [0.2, 0.25) is 0 Å². The summed E-state index contributed by atoms with van der Waals surface area (Å²) in [6, 6.07) is 12.0. The number of aromatic nitrogens is 2. The van der Waals surface area contributed by atoms with Crippen LogP contribution in [0.15, 0.2) is 36.4 Å². The van der Waals surface area contributed by atoms with Crippen LogP contribution in [0.1, 0.15) is 11.4 Å². The third kappa shape index (κ3) is 1.72. The molecule has 0 fully saturated rings. The highest BCUT2D eigenvalue weighted by molar-refractivity contribution is 6.02. The monoisotopic (exact) mass is 238 g/mol. The van der Waals surface area contributed by atoms with E-state index in [1.165, 1.54) is 0 Å². The Hall–Kier alpha value is -2.04. The van der Waals surface area contributed by atoms with Gasteiger partial charge in [0.1, 0.15) is 0 Å². The van der Waals surface area contributed by atoms with E-state index in [0.29, 0.717) is 13.1 Å². The predicted molar refractivity (Wildman–Crippen MR) is 72.8 cm³/mol. The van der Waals surface area contributed by atoms with Gasteiger partial charge >= 0.3 is 0 Å². The molecule has 0 aliphatic carbocycles. The molecule has 18 heavy (non-hydrogen) atoms.